The van der Waals surface area contributed by atoms with Crippen LogP contribution in [0.1, 0.15) is 9.68 Å². The van der Waals surface area contributed by atoms with Crippen molar-refractivity contribution in [1.29, 1.82) is 0 Å². The van der Waals surface area contributed by atoms with Gasteiger partial charge in [0.1, 0.15) is 18.1 Å². The molecule has 0 saturated heterocycles. The van der Waals surface area contributed by atoms with E-state index in [2.05, 4.69) is 0 Å². The highest BCUT2D eigenvalue weighted by atomic mass is 35.5. The van der Waals surface area contributed by atoms with Gasteiger partial charge >= 0.3 is 0 Å². The van der Waals surface area contributed by atoms with Gasteiger partial charge in [-0.1, -0.05) is 41.9 Å². The summed E-state index contributed by atoms with van der Waals surface area (Å²) in [4.78, 5) is 0. The Kier molecular flexibility index (Phi) is 2.77. The minimum Gasteiger partial charge on any atom is -0.495 e. The number of ether oxygens (including phenoxy) is 2. The van der Waals surface area contributed by atoms with E-state index in [4.69, 9.17) is 25.2 Å². The fourth-order valence-corrected chi connectivity index (χ4v) is 1.60. The molecule has 17 heavy (non-hydrogen) atoms. The van der Waals surface area contributed by atoms with Crippen LogP contribution in [0, 0.1) is 0 Å². The summed E-state index contributed by atoms with van der Waals surface area (Å²) < 4.78 is 31.4. The van der Waals surface area contributed by atoms with E-state index in [-0.39, 0.29) is 10.8 Å². The van der Waals surface area contributed by atoms with Crippen LogP contribution in [-0.4, -0.2) is 7.04 Å². The van der Waals surface area contributed by atoms with Crippen molar-refractivity contribution in [3.05, 3.63) is 59.1 Å². The summed E-state index contributed by atoms with van der Waals surface area (Å²) in [7, 11) is -2.52. The minimum atomic E-state index is -2.52. The van der Waals surface area contributed by atoms with E-state index < -0.39 is 7.04 Å². The molecule has 0 aliphatic carbocycles. The zero-order valence-corrected chi connectivity index (χ0v) is 9.78. The van der Waals surface area contributed by atoms with Gasteiger partial charge in [-0.25, -0.2) is 0 Å². The molecule has 2 nitrogen and oxygen atoms in total. The summed E-state index contributed by atoms with van der Waals surface area (Å²) in [6.45, 7) is 0.413. The maximum Gasteiger partial charge on any atom is 0.137 e. The van der Waals surface area contributed by atoms with Crippen molar-refractivity contribution in [2.24, 2.45) is 0 Å². The summed E-state index contributed by atoms with van der Waals surface area (Å²) >= 11 is 5.96. The van der Waals surface area contributed by atoms with Crippen molar-refractivity contribution in [3.8, 4) is 11.5 Å². The van der Waals surface area contributed by atoms with E-state index in [1.165, 1.54) is 12.1 Å². The van der Waals surface area contributed by atoms with E-state index in [9.17, 15) is 0 Å². The first-order valence-corrected chi connectivity index (χ1v) is 5.47. The zero-order valence-electron chi connectivity index (χ0n) is 12.0. The Labute approximate surface area is 110 Å². The maximum absolute atomic E-state index is 7.03. The molecule has 0 heterocycles. The van der Waals surface area contributed by atoms with Crippen molar-refractivity contribution in [2.45, 2.75) is 6.61 Å². The van der Waals surface area contributed by atoms with Crippen LogP contribution in [0.15, 0.2) is 48.5 Å². The lowest BCUT2D eigenvalue weighted by molar-refractivity contribution is 0.305. The molecule has 2 aromatic carbocycles. The molecule has 0 aromatic heterocycles. The molecule has 0 amide bonds. The Morgan fingerprint density at radius 3 is 2.71 bits per heavy atom. The van der Waals surface area contributed by atoms with Crippen LogP contribution in [0.5, 0.6) is 11.5 Å². The number of rotatable bonds is 4. The third kappa shape index (κ3) is 3.14. The smallest absolute Gasteiger partial charge is 0.137 e. The number of hydrogen-bond donors (Lipinski definition) is 0. The van der Waals surface area contributed by atoms with E-state index in [0.29, 0.717) is 12.4 Å². The molecule has 0 radical (unpaired) electrons. The molecule has 88 valence electrons. The Balaban J connectivity index is 2.02. The highest BCUT2D eigenvalue weighted by molar-refractivity contribution is 6.32. The Hall–Kier alpha value is -1.67. The van der Waals surface area contributed by atoms with Gasteiger partial charge in [-0.3, -0.25) is 0 Å². The van der Waals surface area contributed by atoms with Gasteiger partial charge in [0.2, 0.25) is 0 Å². The molecule has 0 unspecified atom stereocenters. The fourth-order valence-electron chi connectivity index (χ4n) is 1.40. The Bertz CT molecular complexity index is 570. The van der Waals surface area contributed by atoms with Crippen molar-refractivity contribution >= 4 is 11.6 Å². The van der Waals surface area contributed by atoms with E-state index in [1.54, 1.807) is 6.07 Å². The van der Waals surface area contributed by atoms with Crippen LogP contribution >= 0.6 is 11.6 Å². The predicted molar refractivity (Wildman–Crippen MR) is 68.8 cm³/mol. The lowest BCUT2D eigenvalue weighted by Gasteiger charge is -2.08. The Morgan fingerprint density at radius 1 is 1.18 bits per heavy atom. The van der Waals surface area contributed by atoms with Gasteiger partial charge < -0.3 is 9.47 Å². The van der Waals surface area contributed by atoms with Crippen molar-refractivity contribution in [1.82, 2.24) is 0 Å². The molecule has 3 heteroatoms. The number of halogens is 1. The lowest BCUT2D eigenvalue weighted by atomic mass is 10.2. The summed E-state index contributed by atoms with van der Waals surface area (Å²) in [5.41, 5.74) is 1.03. The summed E-state index contributed by atoms with van der Waals surface area (Å²) in [5, 5.41) is 0.201. The second-order valence-electron chi connectivity index (χ2n) is 3.47. The van der Waals surface area contributed by atoms with Crippen LogP contribution in [0.2, 0.25) is 5.02 Å². The molecule has 0 saturated carbocycles. The predicted octanol–water partition coefficient (Wildman–Crippen LogP) is 3.93. The molecule has 0 N–H and O–H groups in total. The van der Waals surface area contributed by atoms with Crippen LogP contribution in [0.3, 0.4) is 0 Å². The summed E-state index contributed by atoms with van der Waals surface area (Å²) in [6, 6.07) is 14.3. The average Bonchev–Trinajstić information content (AvgIpc) is 2.39. The van der Waals surface area contributed by atoms with Crippen LogP contribution < -0.4 is 9.47 Å². The van der Waals surface area contributed by atoms with Crippen LogP contribution in [0.4, 0.5) is 0 Å². The van der Waals surface area contributed by atoms with Gasteiger partial charge in [-0.2, -0.15) is 0 Å². The quantitative estimate of drug-likeness (QED) is 0.820. The van der Waals surface area contributed by atoms with Crippen molar-refractivity contribution in [2.75, 3.05) is 7.04 Å². The van der Waals surface area contributed by atoms with Gasteiger partial charge in [-0.15, -0.1) is 0 Å². The average molecular weight is 252 g/mol. The molecule has 2 aromatic rings. The Morgan fingerprint density at radius 2 is 2.00 bits per heavy atom. The van der Waals surface area contributed by atoms with Gasteiger partial charge in [0.15, 0.2) is 0 Å². The van der Waals surface area contributed by atoms with Gasteiger partial charge in [0.05, 0.1) is 16.2 Å². The van der Waals surface area contributed by atoms with Gasteiger partial charge in [0.25, 0.3) is 0 Å². The fraction of sp³-hybridized carbons (Fsp3) is 0.143. The molecule has 0 aliphatic rings. The summed E-state index contributed by atoms with van der Waals surface area (Å²) in [6.07, 6.45) is 0. The van der Waals surface area contributed by atoms with Crippen molar-refractivity contribution in [3.63, 3.8) is 0 Å². The molecule has 0 aliphatic heterocycles. The highest BCUT2D eigenvalue weighted by Crippen LogP contribution is 2.28. The minimum absolute atomic E-state index is 0.110. The second-order valence-corrected chi connectivity index (χ2v) is 3.88. The first-order valence-electron chi connectivity index (χ1n) is 6.59. The molecular formula is C14H13ClO2. The zero-order chi connectivity index (χ0) is 14.6. The van der Waals surface area contributed by atoms with E-state index in [1.807, 2.05) is 30.3 Å². The van der Waals surface area contributed by atoms with E-state index >= 15 is 0 Å². The number of methoxy groups -OCH3 is 1. The van der Waals surface area contributed by atoms with Gasteiger partial charge in [-0.05, 0) is 17.7 Å². The standard InChI is InChI=1S/C14H13ClO2/c1-16-14-8-7-12(9-13(14)15)17-10-11-5-3-2-4-6-11/h2-9H,10H2,1H3/i1D3. The second kappa shape index (κ2) is 5.60. The molecule has 0 fully saturated rings. The van der Waals surface area contributed by atoms with Crippen LogP contribution in [0.25, 0.3) is 0 Å². The SMILES string of the molecule is [2H]C([2H])([2H])Oc1ccc(OCc2ccccc2)cc1Cl. The lowest BCUT2D eigenvalue weighted by Crippen LogP contribution is -1.95. The first-order chi connectivity index (χ1) is 9.44. The normalized spacial score (nSPS) is 13.4. The van der Waals surface area contributed by atoms with Gasteiger partial charge in [0, 0.05) is 6.07 Å². The third-order valence-corrected chi connectivity index (χ3v) is 2.56. The molecular weight excluding hydrogens is 236 g/mol. The summed E-state index contributed by atoms with van der Waals surface area (Å²) in [5.74, 6) is 0.662. The molecule has 0 spiro atoms. The topological polar surface area (TPSA) is 18.5 Å². The third-order valence-electron chi connectivity index (χ3n) is 2.26. The monoisotopic (exact) mass is 251 g/mol. The first kappa shape index (κ1) is 8.43. The maximum atomic E-state index is 7.03. The van der Waals surface area contributed by atoms with Crippen LogP contribution in [-0.2, 0) is 6.61 Å². The van der Waals surface area contributed by atoms with Crippen molar-refractivity contribution < 1.29 is 13.6 Å². The molecule has 0 atom stereocenters. The largest absolute Gasteiger partial charge is 0.495 e. The number of benzene rings is 2. The number of hydrogen-bond acceptors (Lipinski definition) is 2. The van der Waals surface area contributed by atoms with E-state index in [0.717, 1.165) is 5.56 Å². The molecule has 2 rings (SSSR count). The highest BCUT2D eigenvalue weighted by Gasteiger charge is 2.02. The molecule has 0 bridgehead atoms.